The Bertz CT molecular complexity index is 564. The largest absolute Gasteiger partial charge is 0.396 e. The molecule has 1 aliphatic carbocycles. The molecule has 0 spiro atoms. The van der Waals surface area contributed by atoms with Gasteiger partial charge in [0.2, 0.25) is 10.0 Å². The number of rotatable bonds is 4. The second kappa shape index (κ2) is 5.75. The molecule has 0 aliphatic heterocycles. The minimum Gasteiger partial charge on any atom is -0.396 e. The van der Waals surface area contributed by atoms with E-state index in [1.807, 2.05) is 0 Å². The molecule has 1 aliphatic rings. The van der Waals surface area contributed by atoms with E-state index in [-0.39, 0.29) is 28.5 Å². The molecule has 0 amide bonds. The topological polar surface area (TPSA) is 66.4 Å². The van der Waals surface area contributed by atoms with Crippen molar-refractivity contribution in [2.45, 2.75) is 30.2 Å². The molecule has 2 unspecified atom stereocenters. The minimum absolute atomic E-state index is 0.0209. The molecule has 1 aromatic carbocycles. The lowest BCUT2D eigenvalue weighted by molar-refractivity contribution is 0.213. The third-order valence-corrected chi connectivity index (χ3v) is 5.35. The number of sulfonamides is 1. The standard InChI is InChI=1S/C12H15ClFNO3S/c13-10-5-4-9(14)6-12(10)19(17,18)15-11-3-1-2-8(11)7-16/h4-6,8,11,15-16H,1-3,7H2. The number of nitrogens with one attached hydrogen (secondary N) is 1. The smallest absolute Gasteiger partial charge is 0.242 e. The predicted molar refractivity (Wildman–Crippen MR) is 69.9 cm³/mol. The summed E-state index contributed by atoms with van der Waals surface area (Å²) < 4.78 is 40.0. The van der Waals surface area contributed by atoms with Crippen molar-refractivity contribution in [1.82, 2.24) is 4.72 Å². The highest BCUT2D eigenvalue weighted by molar-refractivity contribution is 7.89. The van der Waals surface area contributed by atoms with E-state index in [1.165, 1.54) is 6.07 Å². The van der Waals surface area contributed by atoms with Crippen LogP contribution in [-0.2, 0) is 10.0 Å². The van der Waals surface area contributed by atoms with Crippen molar-refractivity contribution in [1.29, 1.82) is 0 Å². The number of halogens is 2. The summed E-state index contributed by atoms with van der Waals surface area (Å²) in [6, 6.07) is 2.89. The lowest BCUT2D eigenvalue weighted by Crippen LogP contribution is -2.38. The van der Waals surface area contributed by atoms with E-state index < -0.39 is 15.8 Å². The highest BCUT2D eigenvalue weighted by atomic mass is 35.5. The number of hydrogen-bond acceptors (Lipinski definition) is 3. The summed E-state index contributed by atoms with van der Waals surface area (Å²) in [4.78, 5) is -0.266. The van der Waals surface area contributed by atoms with Crippen LogP contribution in [0.3, 0.4) is 0 Å². The number of aliphatic hydroxyl groups is 1. The van der Waals surface area contributed by atoms with Crippen LogP contribution in [0.25, 0.3) is 0 Å². The maximum Gasteiger partial charge on any atom is 0.242 e. The lowest BCUT2D eigenvalue weighted by atomic mass is 10.1. The van der Waals surface area contributed by atoms with Crippen LogP contribution in [0, 0.1) is 11.7 Å². The SMILES string of the molecule is O=S(=O)(NC1CCCC1CO)c1cc(F)ccc1Cl. The fourth-order valence-electron chi connectivity index (χ4n) is 2.36. The van der Waals surface area contributed by atoms with Crippen molar-refractivity contribution in [3.05, 3.63) is 29.0 Å². The predicted octanol–water partition coefficient (Wildman–Crippen LogP) is 1.92. The monoisotopic (exact) mass is 307 g/mol. The Morgan fingerprint density at radius 1 is 1.42 bits per heavy atom. The fraction of sp³-hybridized carbons (Fsp3) is 0.500. The molecule has 4 nitrogen and oxygen atoms in total. The van der Waals surface area contributed by atoms with Crippen molar-refractivity contribution in [2.75, 3.05) is 6.61 Å². The van der Waals surface area contributed by atoms with Crippen LogP contribution >= 0.6 is 11.6 Å². The number of hydrogen-bond donors (Lipinski definition) is 2. The van der Waals surface area contributed by atoms with E-state index in [4.69, 9.17) is 11.6 Å². The van der Waals surface area contributed by atoms with Crippen LogP contribution in [0.2, 0.25) is 5.02 Å². The first kappa shape index (κ1) is 14.7. The van der Waals surface area contributed by atoms with Crippen molar-refractivity contribution < 1.29 is 17.9 Å². The van der Waals surface area contributed by atoms with Gasteiger partial charge in [-0.1, -0.05) is 18.0 Å². The molecule has 1 fully saturated rings. The van der Waals surface area contributed by atoms with Crippen LogP contribution in [0.4, 0.5) is 4.39 Å². The Labute approximate surface area is 116 Å². The molecule has 1 aromatic rings. The third-order valence-electron chi connectivity index (χ3n) is 3.38. The Balaban J connectivity index is 2.25. The quantitative estimate of drug-likeness (QED) is 0.893. The third kappa shape index (κ3) is 3.25. The maximum absolute atomic E-state index is 13.1. The van der Waals surface area contributed by atoms with E-state index in [2.05, 4.69) is 4.72 Å². The van der Waals surface area contributed by atoms with Crippen molar-refractivity contribution in [2.24, 2.45) is 5.92 Å². The van der Waals surface area contributed by atoms with Crippen LogP contribution in [-0.4, -0.2) is 26.2 Å². The Hall–Kier alpha value is -0.690. The van der Waals surface area contributed by atoms with E-state index in [9.17, 15) is 17.9 Å². The minimum atomic E-state index is -3.87. The molecule has 0 heterocycles. The van der Waals surface area contributed by atoms with Crippen LogP contribution in [0.15, 0.2) is 23.1 Å². The summed E-state index contributed by atoms with van der Waals surface area (Å²) in [6.45, 7) is -0.0654. The van der Waals surface area contributed by atoms with Crippen LogP contribution < -0.4 is 4.72 Å². The van der Waals surface area contributed by atoms with Crippen LogP contribution in [0.1, 0.15) is 19.3 Å². The first-order valence-electron chi connectivity index (χ1n) is 6.02. The molecule has 0 radical (unpaired) electrons. The van der Waals surface area contributed by atoms with Gasteiger partial charge in [0.05, 0.1) is 5.02 Å². The zero-order valence-electron chi connectivity index (χ0n) is 10.1. The summed E-state index contributed by atoms with van der Waals surface area (Å²) in [7, 11) is -3.87. The molecular weight excluding hydrogens is 293 g/mol. The lowest BCUT2D eigenvalue weighted by Gasteiger charge is -2.19. The van der Waals surface area contributed by atoms with Crippen LogP contribution in [0.5, 0.6) is 0 Å². The normalized spacial score (nSPS) is 23.7. The molecule has 0 aromatic heterocycles. The Morgan fingerprint density at radius 3 is 2.84 bits per heavy atom. The van der Waals surface area contributed by atoms with Gasteiger partial charge in [0.1, 0.15) is 10.7 Å². The van der Waals surface area contributed by atoms with Crippen molar-refractivity contribution in [3.63, 3.8) is 0 Å². The van der Waals surface area contributed by atoms with Crippen molar-refractivity contribution in [3.8, 4) is 0 Å². The first-order chi connectivity index (χ1) is 8.94. The van der Waals surface area contributed by atoms with E-state index in [0.717, 1.165) is 25.0 Å². The number of aliphatic hydroxyl groups excluding tert-OH is 1. The molecular formula is C12H15ClFNO3S. The second-order valence-electron chi connectivity index (χ2n) is 4.68. The van der Waals surface area contributed by atoms with E-state index in [1.54, 1.807) is 0 Å². The van der Waals surface area contributed by atoms with Gasteiger partial charge >= 0.3 is 0 Å². The van der Waals surface area contributed by atoms with Gasteiger partial charge in [-0.3, -0.25) is 0 Å². The summed E-state index contributed by atoms with van der Waals surface area (Å²) in [5.41, 5.74) is 0. The molecule has 19 heavy (non-hydrogen) atoms. The number of benzene rings is 1. The van der Waals surface area contributed by atoms with Gasteiger partial charge in [0.15, 0.2) is 0 Å². The highest BCUT2D eigenvalue weighted by Crippen LogP contribution is 2.28. The summed E-state index contributed by atoms with van der Waals surface area (Å²) in [5.74, 6) is -0.753. The average molecular weight is 308 g/mol. The van der Waals surface area contributed by atoms with Crippen molar-refractivity contribution >= 4 is 21.6 Å². The Kier molecular flexibility index (Phi) is 4.45. The average Bonchev–Trinajstić information content (AvgIpc) is 2.78. The molecule has 7 heteroatoms. The van der Waals surface area contributed by atoms with Gasteiger partial charge in [-0.05, 0) is 37.0 Å². The highest BCUT2D eigenvalue weighted by Gasteiger charge is 2.31. The summed E-state index contributed by atoms with van der Waals surface area (Å²) in [6.07, 6.45) is 2.30. The molecule has 0 saturated heterocycles. The van der Waals surface area contributed by atoms with Gasteiger partial charge in [0, 0.05) is 12.6 Å². The van der Waals surface area contributed by atoms with Gasteiger partial charge in [0.25, 0.3) is 0 Å². The molecule has 2 atom stereocenters. The molecule has 1 saturated carbocycles. The van der Waals surface area contributed by atoms with Gasteiger partial charge in [-0.25, -0.2) is 17.5 Å². The molecule has 2 rings (SSSR count). The zero-order valence-corrected chi connectivity index (χ0v) is 11.7. The Morgan fingerprint density at radius 2 is 2.16 bits per heavy atom. The molecule has 106 valence electrons. The van der Waals surface area contributed by atoms with E-state index >= 15 is 0 Å². The fourth-order valence-corrected chi connectivity index (χ4v) is 4.21. The maximum atomic E-state index is 13.1. The summed E-state index contributed by atoms with van der Waals surface area (Å²) in [5, 5.41) is 9.16. The summed E-state index contributed by atoms with van der Waals surface area (Å²) >= 11 is 5.80. The second-order valence-corrected chi connectivity index (χ2v) is 6.77. The zero-order chi connectivity index (χ0) is 14.0. The van der Waals surface area contributed by atoms with Gasteiger partial charge < -0.3 is 5.11 Å². The van der Waals surface area contributed by atoms with Gasteiger partial charge in [-0.15, -0.1) is 0 Å². The molecule has 0 bridgehead atoms. The molecule has 2 N–H and O–H groups in total. The van der Waals surface area contributed by atoms with E-state index in [0.29, 0.717) is 6.42 Å². The van der Waals surface area contributed by atoms with Gasteiger partial charge in [-0.2, -0.15) is 0 Å². The first-order valence-corrected chi connectivity index (χ1v) is 7.88.